The summed E-state index contributed by atoms with van der Waals surface area (Å²) in [6.07, 6.45) is 2.34. The Morgan fingerprint density at radius 1 is 1.25 bits per heavy atom. The summed E-state index contributed by atoms with van der Waals surface area (Å²) in [5.41, 5.74) is 0. The normalized spacial score (nSPS) is 13.2. The van der Waals surface area contributed by atoms with E-state index >= 15 is 0 Å². The minimum absolute atomic E-state index is 0.609. The van der Waals surface area contributed by atoms with E-state index in [0.29, 0.717) is 6.04 Å². The second-order valence-corrected chi connectivity index (χ2v) is 3.05. The van der Waals surface area contributed by atoms with Crippen LogP contribution in [0.3, 0.4) is 0 Å². The van der Waals surface area contributed by atoms with E-state index in [1.54, 1.807) is 0 Å². The summed E-state index contributed by atoms with van der Waals surface area (Å²) >= 11 is 0. The summed E-state index contributed by atoms with van der Waals surface area (Å²) in [5.74, 6) is 0. The van der Waals surface area contributed by atoms with Gasteiger partial charge in [0.15, 0.2) is 0 Å². The molecule has 1 unspecified atom stereocenters. The molecule has 0 rings (SSSR count). The molecule has 0 amide bonds. The lowest BCUT2D eigenvalue weighted by atomic mass is 10.2. The first-order valence-electron chi connectivity index (χ1n) is 4.71. The largest absolute Gasteiger partial charge is 0.380 e. The molecule has 0 aromatic heterocycles. The van der Waals surface area contributed by atoms with Crippen molar-refractivity contribution < 1.29 is 4.74 Å². The fraction of sp³-hybridized carbons (Fsp3) is 1.00. The molecule has 0 aromatic rings. The molecular weight excluding hydrogens is 152 g/mol. The zero-order valence-corrected chi connectivity index (χ0v) is 8.52. The minimum Gasteiger partial charge on any atom is -0.380 e. The average molecular weight is 174 g/mol. The van der Waals surface area contributed by atoms with Gasteiger partial charge in [-0.15, -0.1) is 0 Å². The van der Waals surface area contributed by atoms with Crippen LogP contribution in [0.2, 0.25) is 0 Å². The number of rotatable bonds is 8. The third kappa shape index (κ3) is 7.98. The number of nitrogens with one attached hydrogen (secondary N) is 2. The van der Waals surface area contributed by atoms with Crippen molar-refractivity contribution in [3.05, 3.63) is 0 Å². The third-order valence-electron chi connectivity index (χ3n) is 1.92. The fourth-order valence-corrected chi connectivity index (χ4v) is 0.912. The second kappa shape index (κ2) is 8.97. The maximum atomic E-state index is 5.38. The van der Waals surface area contributed by atoms with Gasteiger partial charge in [0.2, 0.25) is 0 Å². The SMILES string of the molecule is CNCCOCCCC(C)NC. The van der Waals surface area contributed by atoms with Crippen LogP contribution >= 0.6 is 0 Å². The van der Waals surface area contributed by atoms with E-state index in [4.69, 9.17) is 4.74 Å². The second-order valence-electron chi connectivity index (χ2n) is 3.05. The lowest BCUT2D eigenvalue weighted by molar-refractivity contribution is 0.131. The Hall–Kier alpha value is -0.120. The zero-order chi connectivity index (χ0) is 9.23. The smallest absolute Gasteiger partial charge is 0.0590 e. The van der Waals surface area contributed by atoms with Crippen LogP contribution in [0.4, 0.5) is 0 Å². The van der Waals surface area contributed by atoms with Crippen LogP contribution in [-0.2, 0) is 4.74 Å². The highest BCUT2D eigenvalue weighted by atomic mass is 16.5. The van der Waals surface area contributed by atoms with Crippen molar-refractivity contribution in [2.45, 2.75) is 25.8 Å². The molecule has 0 spiro atoms. The number of ether oxygens (including phenoxy) is 1. The van der Waals surface area contributed by atoms with Gasteiger partial charge in [0.25, 0.3) is 0 Å². The standard InChI is InChI=1S/C9H22N2O/c1-9(11-3)5-4-7-12-8-6-10-2/h9-11H,4-8H2,1-3H3. The van der Waals surface area contributed by atoms with Crippen molar-refractivity contribution in [2.24, 2.45) is 0 Å². The van der Waals surface area contributed by atoms with Crippen molar-refractivity contribution >= 4 is 0 Å². The van der Waals surface area contributed by atoms with Crippen LogP contribution in [0.1, 0.15) is 19.8 Å². The van der Waals surface area contributed by atoms with E-state index in [1.807, 2.05) is 14.1 Å². The summed E-state index contributed by atoms with van der Waals surface area (Å²) < 4.78 is 5.38. The van der Waals surface area contributed by atoms with Crippen molar-refractivity contribution in [1.29, 1.82) is 0 Å². The summed E-state index contributed by atoms with van der Waals surface area (Å²) in [6, 6.07) is 0.609. The van der Waals surface area contributed by atoms with Crippen molar-refractivity contribution in [1.82, 2.24) is 10.6 Å². The van der Waals surface area contributed by atoms with Gasteiger partial charge in [0, 0.05) is 19.2 Å². The van der Waals surface area contributed by atoms with E-state index in [0.717, 1.165) is 26.2 Å². The van der Waals surface area contributed by atoms with E-state index in [-0.39, 0.29) is 0 Å². The van der Waals surface area contributed by atoms with E-state index in [2.05, 4.69) is 17.6 Å². The Morgan fingerprint density at radius 2 is 2.00 bits per heavy atom. The maximum absolute atomic E-state index is 5.38. The first kappa shape index (κ1) is 11.9. The summed E-state index contributed by atoms with van der Waals surface area (Å²) in [6.45, 7) is 4.84. The van der Waals surface area contributed by atoms with Gasteiger partial charge in [-0.05, 0) is 33.9 Å². The molecule has 0 bridgehead atoms. The molecule has 0 saturated heterocycles. The Balaban J connectivity index is 2.90. The third-order valence-corrected chi connectivity index (χ3v) is 1.92. The first-order chi connectivity index (χ1) is 5.81. The highest BCUT2D eigenvalue weighted by molar-refractivity contribution is 4.55. The molecule has 1 atom stereocenters. The molecule has 0 heterocycles. The van der Waals surface area contributed by atoms with Crippen LogP contribution in [0.25, 0.3) is 0 Å². The molecule has 0 fully saturated rings. The highest BCUT2D eigenvalue weighted by Gasteiger charge is 1.96. The average Bonchev–Trinajstić information content (AvgIpc) is 2.10. The predicted octanol–water partition coefficient (Wildman–Crippen LogP) is 0.610. The number of hydrogen-bond acceptors (Lipinski definition) is 3. The zero-order valence-electron chi connectivity index (χ0n) is 8.52. The number of likely N-dealkylation sites (N-methyl/N-ethyl adjacent to an activating group) is 1. The molecule has 0 aliphatic carbocycles. The Bertz CT molecular complexity index is 88.6. The van der Waals surface area contributed by atoms with Gasteiger partial charge in [-0.25, -0.2) is 0 Å². The summed E-state index contributed by atoms with van der Waals surface area (Å²) in [5, 5.41) is 6.24. The highest BCUT2D eigenvalue weighted by Crippen LogP contribution is 1.95. The molecule has 3 nitrogen and oxygen atoms in total. The number of hydrogen-bond donors (Lipinski definition) is 2. The quantitative estimate of drug-likeness (QED) is 0.529. The van der Waals surface area contributed by atoms with Gasteiger partial charge in [-0.3, -0.25) is 0 Å². The molecule has 74 valence electrons. The van der Waals surface area contributed by atoms with Gasteiger partial charge in [0.1, 0.15) is 0 Å². The van der Waals surface area contributed by atoms with Gasteiger partial charge in [-0.2, -0.15) is 0 Å². The van der Waals surface area contributed by atoms with E-state index in [1.165, 1.54) is 6.42 Å². The molecule has 0 aliphatic rings. The van der Waals surface area contributed by atoms with Crippen LogP contribution in [-0.4, -0.2) is 39.9 Å². The molecule has 0 radical (unpaired) electrons. The van der Waals surface area contributed by atoms with Gasteiger partial charge in [0.05, 0.1) is 6.61 Å². The van der Waals surface area contributed by atoms with Crippen LogP contribution in [0, 0.1) is 0 Å². The van der Waals surface area contributed by atoms with Crippen LogP contribution in [0.5, 0.6) is 0 Å². The van der Waals surface area contributed by atoms with E-state index in [9.17, 15) is 0 Å². The molecular formula is C9H22N2O. The van der Waals surface area contributed by atoms with Crippen molar-refractivity contribution in [3.8, 4) is 0 Å². The topological polar surface area (TPSA) is 33.3 Å². The Kier molecular flexibility index (Phi) is 8.88. The fourth-order valence-electron chi connectivity index (χ4n) is 0.912. The molecule has 0 saturated carbocycles. The van der Waals surface area contributed by atoms with E-state index < -0.39 is 0 Å². The maximum Gasteiger partial charge on any atom is 0.0590 e. The summed E-state index contributed by atoms with van der Waals surface area (Å²) in [7, 11) is 3.93. The van der Waals surface area contributed by atoms with Gasteiger partial charge in [-0.1, -0.05) is 0 Å². The first-order valence-corrected chi connectivity index (χ1v) is 4.71. The Morgan fingerprint density at radius 3 is 2.58 bits per heavy atom. The lowest BCUT2D eigenvalue weighted by Crippen LogP contribution is -2.21. The monoisotopic (exact) mass is 174 g/mol. The predicted molar refractivity (Wildman–Crippen MR) is 52.5 cm³/mol. The van der Waals surface area contributed by atoms with Gasteiger partial charge < -0.3 is 15.4 Å². The molecule has 0 aromatic carbocycles. The summed E-state index contributed by atoms with van der Waals surface area (Å²) in [4.78, 5) is 0. The van der Waals surface area contributed by atoms with Crippen molar-refractivity contribution in [3.63, 3.8) is 0 Å². The molecule has 3 heteroatoms. The molecule has 0 aliphatic heterocycles. The van der Waals surface area contributed by atoms with Crippen LogP contribution in [0.15, 0.2) is 0 Å². The molecule has 2 N–H and O–H groups in total. The molecule has 12 heavy (non-hydrogen) atoms. The van der Waals surface area contributed by atoms with Gasteiger partial charge >= 0.3 is 0 Å². The van der Waals surface area contributed by atoms with Crippen molar-refractivity contribution in [2.75, 3.05) is 33.9 Å². The minimum atomic E-state index is 0.609. The Labute approximate surface area is 75.9 Å². The van der Waals surface area contributed by atoms with Crippen LogP contribution < -0.4 is 10.6 Å². The lowest BCUT2D eigenvalue weighted by Gasteiger charge is -2.09.